The van der Waals surface area contributed by atoms with Crippen LogP contribution in [-0.4, -0.2) is 34.7 Å². The molecule has 1 aromatic heterocycles. The minimum Gasteiger partial charge on any atom is -0.348 e. The first kappa shape index (κ1) is 16.2. The molecule has 1 atom stereocenters. The summed E-state index contributed by atoms with van der Waals surface area (Å²) in [6.45, 7) is 5.23. The van der Waals surface area contributed by atoms with Crippen LogP contribution in [0.5, 0.6) is 0 Å². The summed E-state index contributed by atoms with van der Waals surface area (Å²) in [6, 6.07) is 11.7. The molecular formula is C17H24N4O. The third-order valence-electron chi connectivity index (χ3n) is 4.12. The van der Waals surface area contributed by atoms with Crippen molar-refractivity contribution in [1.82, 2.24) is 20.0 Å². The van der Waals surface area contributed by atoms with Crippen molar-refractivity contribution < 1.29 is 4.79 Å². The fourth-order valence-corrected chi connectivity index (χ4v) is 2.37. The van der Waals surface area contributed by atoms with E-state index < -0.39 is 5.54 Å². The lowest BCUT2D eigenvalue weighted by atomic mass is 9.89. The van der Waals surface area contributed by atoms with Crippen LogP contribution in [0.4, 0.5) is 0 Å². The Balaban J connectivity index is 2.13. The van der Waals surface area contributed by atoms with Crippen LogP contribution < -0.4 is 5.32 Å². The van der Waals surface area contributed by atoms with Crippen molar-refractivity contribution >= 4 is 5.91 Å². The summed E-state index contributed by atoms with van der Waals surface area (Å²) in [5.74, 6) is -0.0326. The number of rotatable bonds is 6. The van der Waals surface area contributed by atoms with Crippen LogP contribution in [0, 0.1) is 0 Å². The van der Waals surface area contributed by atoms with Gasteiger partial charge in [0.25, 0.3) is 0 Å². The van der Waals surface area contributed by atoms with E-state index in [2.05, 4.69) is 10.4 Å². The van der Waals surface area contributed by atoms with Crippen molar-refractivity contribution in [3.8, 4) is 0 Å². The van der Waals surface area contributed by atoms with Crippen LogP contribution >= 0.6 is 0 Å². The van der Waals surface area contributed by atoms with Gasteiger partial charge >= 0.3 is 0 Å². The van der Waals surface area contributed by atoms with Gasteiger partial charge in [-0.05, 0) is 39.6 Å². The summed E-state index contributed by atoms with van der Waals surface area (Å²) in [6.07, 6.45) is 1.92. The molecule has 0 fully saturated rings. The van der Waals surface area contributed by atoms with Crippen molar-refractivity contribution in [1.29, 1.82) is 0 Å². The molecule has 0 spiro atoms. The quantitative estimate of drug-likeness (QED) is 0.887. The average Bonchev–Trinajstić information content (AvgIpc) is 3.00. The summed E-state index contributed by atoms with van der Waals surface area (Å²) in [5, 5.41) is 7.39. The van der Waals surface area contributed by atoms with Gasteiger partial charge in [-0.3, -0.25) is 14.4 Å². The van der Waals surface area contributed by atoms with Crippen LogP contribution in [0.3, 0.4) is 0 Å². The number of likely N-dealkylation sites (N-methyl/N-ethyl adjacent to an activating group) is 1. The number of benzene rings is 1. The normalized spacial score (nSPS) is 13.9. The summed E-state index contributed by atoms with van der Waals surface area (Å²) in [4.78, 5) is 14.7. The lowest BCUT2D eigenvalue weighted by Gasteiger charge is -2.35. The highest BCUT2D eigenvalue weighted by atomic mass is 16.2. The molecule has 2 rings (SSSR count). The van der Waals surface area contributed by atoms with Crippen molar-refractivity contribution in [2.24, 2.45) is 0 Å². The molecule has 1 amide bonds. The molecule has 0 aliphatic carbocycles. The van der Waals surface area contributed by atoms with Crippen molar-refractivity contribution in [3.63, 3.8) is 0 Å². The predicted molar refractivity (Wildman–Crippen MR) is 87.2 cm³/mol. The maximum atomic E-state index is 12.8. The maximum absolute atomic E-state index is 12.8. The first-order valence-electron chi connectivity index (χ1n) is 7.52. The van der Waals surface area contributed by atoms with E-state index in [9.17, 15) is 4.79 Å². The molecule has 0 aliphatic heterocycles. The van der Waals surface area contributed by atoms with E-state index in [1.54, 1.807) is 0 Å². The Hall–Kier alpha value is -2.14. The van der Waals surface area contributed by atoms with Crippen molar-refractivity contribution in [2.75, 3.05) is 14.1 Å². The zero-order valence-corrected chi connectivity index (χ0v) is 13.7. The SMILES string of the molecule is CCn1ccc(CNC(=O)C(C)(c2ccccc2)N(C)C)n1. The smallest absolute Gasteiger partial charge is 0.245 e. The lowest BCUT2D eigenvalue weighted by Crippen LogP contribution is -2.51. The molecule has 0 saturated heterocycles. The second-order valence-electron chi connectivity index (χ2n) is 5.68. The van der Waals surface area contributed by atoms with Crippen molar-refractivity contribution in [2.45, 2.75) is 32.5 Å². The largest absolute Gasteiger partial charge is 0.348 e. The number of nitrogens with zero attached hydrogens (tertiary/aromatic N) is 3. The van der Waals surface area contributed by atoms with E-state index in [1.807, 2.05) is 80.1 Å². The highest BCUT2D eigenvalue weighted by Crippen LogP contribution is 2.26. The van der Waals surface area contributed by atoms with Gasteiger partial charge in [0, 0.05) is 12.7 Å². The van der Waals surface area contributed by atoms with Gasteiger partial charge in [-0.2, -0.15) is 5.10 Å². The highest BCUT2D eigenvalue weighted by molar-refractivity contribution is 5.87. The van der Waals surface area contributed by atoms with Crippen molar-refractivity contribution in [3.05, 3.63) is 53.9 Å². The van der Waals surface area contributed by atoms with Gasteiger partial charge in [-0.1, -0.05) is 30.3 Å². The topological polar surface area (TPSA) is 50.2 Å². The molecule has 118 valence electrons. The molecule has 2 aromatic rings. The van der Waals surface area contributed by atoms with Crippen LogP contribution in [-0.2, 0) is 23.4 Å². The van der Waals surface area contributed by atoms with E-state index in [-0.39, 0.29) is 5.91 Å². The zero-order valence-electron chi connectivity index (χ0n) is 13.7. The van der Waals surface area contributed by atoms with Gasteiger partial charge < -0.3 is 5.32 Å². The molecule has 0 bridgehead atoms. The van der Waals surface area contributed by atoms with Gasteiger partial charge in [-0.25, -0.2) is 0 Å². The Kier molecular flexibility index (Phi) is 4.98. The summed E-state index contributed by atoms with van der Waals surface area (Å²) in [5.41, 5.74) is 1.12. The predicted octanol–water partition coefficient (Wildman–Crippen LogP) is 2.00. The molecule has 5 heteroatoms. The van der Waals surface area contributed by atoms with Crippen LogP contribution in [0.1, 0.15) is 25.1 Å². The molecule has 1 aromatic carbocycles. The van der Waals surface area contributed by atoms with E-state index in [0.717, 1.165) is 17.8 Å². The molecule has 0 saturated carbocycles. The Labute approximate surface area is 131 Å². The maximum Gasteiger partial charge on any atom is 0.245 e. The molecule has 1 heterocycles. The van der Waals surface area contributed by atoms with Gasteiger partial charge in [0.1, 0.15) is 5.54 Å². The van der Waals surface area contributed by atoms with E-state index in [1.165, 1.54) is 0 Å². The fourth-order valence-electron chi connectivity index (χ4n) is 2.37. The number of nitrogens with one attached hydrogen (secondary N) is 1. The number of hydrogen-bond donors (Lipinski definition) is 1. The van der Waals surface area contributed by atoms with E-state index in [4.69, 9.17) is 0 Å². The third-order valence-corrected chi connectivity index (χ3v) is 4.12. The number of carbonyl (C=O) groups excluding carboxylic acids is 1. The first-order chi connectivity index (χ1) is 10.5. The minimum absolute atomic E-state index is 0.0326. The standard InChI is InChI=1S/C17H24N4O/c1-5-21-12-11-15(19-21)13-18-16(22)17(2,20(3)4)14-9-7-6-8-10-14/h6-12H,5,13H2,1-4H3,(H,18,22). The van der Waals surface area contributed by atoms with Gasteiger partial charge in [-0.15, -0.1) is 0 Å². The number of hydrogen-bond acceptors (Lipinski definition) is 3. The Bertz CT molecular complexity index is 621. The molecule has 1 N–H and O–H groups in total. The molecule has 0 radical (unpaired) electrons. The summed E-state index contributed by atoms with van der Waals surface area (Å²) in [7, 11) is 3.83. The van der Waals surface area contributed by atoms with E-state index >= 15 is 0 Å². The minimum atomic E-state index is -0.714. The number of amides is 1. The second-order valence-corrected chi connectivity index (χ2v) is 5.68. The Morgan fingerprint density at radius 3 is 2.50 bits per heavy atom. The summed E-state index contributed by atoms with van der Waals surface area (Å²) < 4.78 is 1.85. The number of aryl methyl sites for hydroxylation is 1. The molecular weight excluding hydrogens is 276 g/mol. The number of carbonyl (C=O) groups is 1. The van der Waals surface area contributed by atoms with Gasteiger partial charge in [0.2, 0.25) is 5.91 Å². The van der Waals surface area contributed by atoms with E-state index in [0.29, 0.717) is 6.54 Å². The van der Waals surface area contributed by atoms with Crippen LogP contribution in [0.2, 0.25) is 0 Å². The second kappa shape index (κ2) is 6.75. The molecule has 22 heavy (non-hydrogen) atoms. The lowest BCUT2D eigenvalue weighted by molar-refractivity contribution is -0.131. The Morgan fingerprint density at radius 1 is 1.27 bits per heavy atom. The van der Waals surface area contributed by atoms with Gasteiger partial charge in [0.15, 0.2) is 0 Å². The zero-order chi connectivity index (χ0) is 16.2. The van der Waals surface area contributed by atoms with Gasteiger partial charge in [0.05, 0.1) is 12.2 Å². The fraction of sp³-hybridized carbons (Fsp3) is 0.412. The first-order valence-corrected chi connectivity index (χ1v) is 7.52. The van der Waals surface area contributed by atoms with Crippen LogP contribution in [0.15, 0.2) is 42.6 Å². The Morgan fingerprint density at radius 2 is 1.95 bits per heavy atom. The summed E-state index contributed by atoms with van der Waals surface area (Å²) >= 11 is 0. The number of aromatic nitrogens is 2. The monoisotopic (exact) mass is 300 g/mol. The third kappa shape index (κ3) is 3.20. The average molecular weight is 300 g/mol. The molecule has 5 nitrogen and oxygen atoms in total. The van der Waals surface area contributed by atoms with Crippen LogP contribution in [0.25, 0.3) is 0 Å². The molecule has 0 aliphatic rings. The molecule has 1 unspecified atom stereocenters. The highest BCUT2D eigenvalue weighted by Gasteiger charge is 2.37.